The zero-order valence-electron chi connectivity index (χ0n) is 21.3. The topological polar surface area (TPSA) is 66.8 Å². The number of esters is 2. The molecule has 6 nitrogen and oxygen atoms in total. The van der Waals surface area contributed by atoms with Crippen molar-refractivity contribution in [1.82, 2.24) is 4.57 Å². The van der Waals surface area contributed by atoms with Crippen LogP contribution in [0, 0.1) is 0 Å². The fourth-order valence-electron chi connectivity index (χ4n) is 4.90. The summed E-state index contributed by atoms with van der Waals surface area (Å²) >= 11 is 0. The Morgan fingerprint density at radius 2 is 1.77 bits per heavy atom. The SMILES string of the molecule is COC(=O)COc1c(-c2cc3ccc(C(=O)OC(C)(C)C)cc3n2C)cccc1C1CCCCC1. The van der Waals surface area contributed by atoms with Gasteiger partial charge in [-0.1, -0.05) is 37.5 Å². The Kier molecular flexibility index (Phi) is 7.20. The van der Waals surface area contributed by atoms with Gasteiger partial charge in [0.15, 0.2) is 6.61 Å². The van der Waals surface area contributed by atoms with Crippen LogP contribution in [0.25, 0.3) is 22.2 Å². The number of hydrogen-bond acceptors (Lipinski definition) is 5. The van der Waals surface area contributed by atoms with E-state index in [2.05, 4.69) is 22.8 Å². The van der Waals surface area contributed by atoms with Crippen LogP contribution in [0.15, 0.2) is 42.5 Å². The molecule has 0 aliphatic heterocycles. The van der Waals surface area contributed by atoms with Crippen LogP contribution in [0.3, 0.4) is 0 Å². The molecule has 0 unspecified atom stereocenters. The van der Waals surface area contributed by atoms with Crippen LogP contribution in [-0.4, -0.2) is 35.8 Å². The molecule has 1 aromatic heterocycles. The second-order valence-corrected chi connectivity index (χ2v) is 10.3. The summed E-state index contributed by atoms with van der Waals surface area (Å²) in [7, 11) is 3.35. The molecule has 6 heteroatoms. The zero-order chi connectivity index (χ0) is 25.2. The molecule has 1 heterocycles. The number of rotatable bonds is 6. The number of nitrogens with zero attached hydrogens (tertiary/aromatic N) is 1. The first kappa shape index (κ1) is 24.8. The van der Waals surface area contributed by atoms with Crippen LogP contribution in [0.4, 0.5) is 0 Å². The van der Waals surface area contributed by atoms with E-state index in [1.54, 1.807) is 6.07 Å². The van der Waals surface area contributed by atoms with Crippen molar-refractivity contribution < 1.29 is 23.8 Å². The second kappa shape index (κ2) is 10.1. The lowest BCUT2D eigenvalue weighted by Crippen LogP contribution is -2.23. The third-order valence-corrected chi connectivity index (χ3v) is 6.61. The summed E-state index contributed by atoms with van der Waals surface area (Å²) in [6, 6.07) is 13.9. The lowest BCUT2D eigenvalue weighted by Gasteiger charge is -2.25. The minimum Gasteiger partial charge on any atom is -0.481 e. The Balaban J connectivity index is 1.78. The highest BCUT2D eigenvalue weighted by atomic mass is 16.6. The predicted molar refractivity (Wildman–Crippen MR) is 137 cm³/mol. The van der Waals surface area contributed by atoms with Gasteiger partial charge in [0.25, 0.3) is 0 Å². The molecule has 0 spiro atoms. The van der Waals surface area contributed by atoms with Crippen LogP contribution >= 0.6 is 0 Å². The third kappa shape index (κ3) is 5.53. The molecule has 186 valence electrons. The third-order valence-electron chi connectivity index (χ3n) is 6.61. The monoisotopic (exact) mass is 477 g/mol. The maximum atomic E-state index is 12.6. The maximum Gasteiger partial charge on any atom is 0.343 e. The molecule has 0 saturated heterocycles. The number of fused-ring (bicyclic) bond motifs is 1. The molecule has 0 N–H and O–H groups in total. The first-order valence-corrected chi connectivity index (χ1v) is 12.3. The van der Waals surface area contributed by atoms with Crippen molar-refractivity contribution in [3.8, 4) is 17.0 Å². The standard InChI is InChI=1S/C29H35NO5/c1-29(2,3)35-28(32)21-15-14-20-16-25(30(4)24(20)17-21)23-13-9-12-22(19-10-7-6-8-11-19)27(23)34-18-26(31)33-5/h9,12-17,19H,6-8,10-11,18H2,1-5H3. The number of aromatic nitrogens is 1. The van der Waals surface area contributed by atoms with E-state index in [1.165, 1.54) is 26.4 Å². The highest BCUT2D eigenvalue weighted by molar-refractivity contribution is 5.97. The van der Waals surface area contributed by atoms with E-state index in [0.717, 1.165) is 46.3 Å². The summed E-state index contributed by atoms with van der Waals surface area (Å²) in [6.45, 7) is 5.44. The summed E-state index contributed by atoms with van der Waals surface area (Å²) < 4.78 is 18.6. The summed E-state index contributed by atoms with van der Waals surface area (Å²) in [5, 5.41) is 1.01. The molecule has 1 aliphatic rings. The molecular formula is C29H35NO5. The minimum atomic E-state index is -0.559. The first-order chi connectivity index (χ1) is 16.7. The minimum absolute atomic E-state index is 0.139. The number of methoxy groups -OCH3 is 1. The number of ether oxygens (including phenoxy) is 3. The van der Waals surface area contributed by atoms with E-state index < -0.39 is 11.6 Å². The predicted octanol–water partition coefficient (Wildman–Crippen LogP) is 6.40. The second-order valence-electron chi connectivity index (χ2n) is 10.3. The Morgan fingerprint density at radius 1 is 1.03 bits per heavy atom. The molecule has 0 bridgehead atoms. The zero-order valence-corrected chi connectivity index (χ0v) is 21.3. The smallest absolute Gasteiger partial charge is 0.343 e. The molecule has 0 atom stereocenters. The summed E-state index contributed by atoms with van der Waals surface area (Å²) in [4.78, 5) is 24.6. The van der Waals surface area contributed by atoms with E-state index in [1.807, 2.05) is 46.0 Å². The van der Waals surface area contributed by atoms with Gasteiger partial charge in [-0.2, -0.15) is 0 Å². The van der Waals surface area contributed by atoms with E-state index >= 15 is 0 Å². The van der Waals surface area contributed by atoms with Gasteiger partial charge in [0, 0.05) is 23.5 Å². The molecule has 0 amide bonds. The highest BCUT2D eigenvalue weighted by Gasteiger charge is 2.24. The van der Waals surface area contributed by atoms with Gasteiger partial charge in [-0.25, -0.2) is 9.59 Å². The number of para-hydroxylation sites is 1. The van der Waals surface area contributed by atoms with Gasteiger partial charge < -0.3 is 18.8 Å². The van der Waals surface area contributed by atoms with E-state index in [4.69, 9.17) is 14.2 Å². The van der Waals surface area contributed by atoms with Crippen LogP contribution in [0.5, 0.6) is 5.75 Å². The normalized spacial score (nSPS) is 14.7. The quantitative estimate of drug-likeness (QED) is 0.384. The van der Waals surface area contributed by atoms with Crippen molar-refractivity contribution in [3.05, 3.63) is 53.6 Å². The molecule has 35 heavy (non-hydrogen) atoms. The number of carbonyl (C=O) groups is 2. The Labute approximate surface area is 207 Å². The Morgan fingerprint density at radius 3 is 2.46 bits per heavy atom. The van der Waals surface area contributed by atoms with Crippen molar-refractivity contribution >= 4 is 22.8 Å². The molecule has 0 radical (unpaired) electrons. The van der Waals surface area contributed by atoms with Crippen molar-refractivity contribution in [2.24, 2.45) is 7.05 Å². The Bertz CT molecular complexity index is 1230. The van der Waals surface area contributed by atoms with Crippen LogP contribution in [0.1, 0.15) is 74.7 Å². The fraction of sp³-hybridized carbons (Fsp3) is 0.448. The molecule has 1 saturated carbocycles. The van der Waals surface area contributed by atoms with Gasteiger partial charge in [-0.3, -0.25) is 0 Å². The lowest BCUT2D eigenvalue weighted by atomic mass is 9.83. The van der Waals surface area contributed by atoms with Gasteiger partial charge >= 0.3 is 11.9 Å². The van der Waals surface area contributed by atoms with Gasteiger partial charge in [0.2, 0.25) is 0 Å². The van der Waals surface area contributed by atoms with Crippen molar-refractivity contribution in [2.75, 3.05) is 13.7 Å². The van der Waals surface area contributed by atoms with Crippen molar-refractivity contribution in [1.29, 1.82) is 0 Å². The average Bonchev–Trinajstić information content (AvgIpc) is 3.17. The van der Waals surface area contributed by atoms with Crippen molar-refractivity contribution in [2.45, 2.75) is 64.4 Å². The van der Waals surface area contributed by atoms with Gasteiger partial charge in [-0.15, -0.1) is 0 Å². The molecule has 2 aromatic carbocycles. The number of benzene rings is 2. The van der Waals surface area contributed by atoms with Crippen molar-refractivity contribution in [3.63, 3.8) is 0 Å². The number of carbonyl (C=O) groups excluding carboxylic acids is 2. The van der Waals surface area contributed by atoms with E-state index in [9.17, 15) is 9.59 Å². The number of hydrogen-bond donors (Lipinski definition) is 0. The van der Waals surface area contributed by atoms with Gasteiger partial charge in [0.05, 0.1) is 18.4 Å². The van der Waals surface area contributed by atoms with E-state index in [-0.39, 0.29) is 12.6 Å². The largest absolute Gasteiger partial charge is 0.481 e. The fourth-order valence-corrected chi connectivity index (χ4v) is 4.90. The highest BCUT2D eigenvalue weighted by Crippen LogP contribution is 2.43. The Hall–Kier alpha value is -3.28. The molecular weight excluding hydrogens is 442 g/mol. The lowest BCUT2D eigenvalue weighted by molar-refractivity contribution is -0.142. The number of aryl methyl sites for hydroxylation is 1. The summed E-state index contributed by atoms with van der Waals surface area (Å²) in [5.41, 5.74) is 3.90. The molecule has 1 fully saturated rings. The van der Waals surface area contributed by atoms with Crippen LogP contribution < -0.4 is 4.74 Å². The van der Waals surface area contributed by atoms with Gasteiger partial charge in [-0.05, 0) is 69.4 Å². The summed E-state index contributed by atoms with van der Waals surface area (Å²) in [6.07, 6.45) is 5.90. The summed E-state index contributed by atoms with van der Waals surface area (Å²) in [5.74, 6) is 0.393. The van der Waals surface area contributed by atoms with Crippen LogP contribution in [0.2, 0.25) is 0 Å². The average molecular weight is 478 g/mol. The van der Waals surface area contributed by atoms with Crippen LogP contribution in [-0.2, 0) is 21.3 Å². The molecule has 1 aliphatic carbocycles. The van der Waals surface area contributed by atoms with Gasteiger partial charge in [0.1, 0.15) is 11.4 Å². The first-order valence-electron chi connectivity index (χ1n) is 12.3. The molecule has 4 rings (SSSR count). The maximum absolute atomic E-state index is 12.6. The van der Waals surface area contributed by atoms with E-state index in [0.29, 0.717) is 11.5 Å². The molecule has 3 aromatic rings.